The quantitative estimate of drug-likeness (QED) is 0.175. The number of aromatic nitrogens is 2. The summed E-state index contributed by atoms with van der Waals surface area (Å²) in [5, 5.41) is 7.21. The van der Waals surface area contributed by atoms with Crippen LogP contribution in [0.25, 0.3) is 76.7 Å². The van der Waals surface area contributed by atoms with E-state index in [9.17, 15) is 0 Å². The lowest BCUT2D eigenvalue weighted by Gasteiger charge is -2.19. The lowest BCUT2D eigenvalue weighted by atomic mass is 9.84. The Hall–Kier alpha value is -5.34. The average molecular weight is 509 g/mol. The maximum absolute atomic E-state index is 4.76. The molecule has 186 valence electrons. The maximum Gasteiger partial charge on any atom is 0.0970 e. The number of nitrogens with zero attached hydrogens (tertiary/aromatic N) is 2. The van der Waals surface area contributed by atoms with Gasteiger partial charge in [0.15, 0.2) is 0 Å². The molecule has 8 rings (SSSR count). The van der Waals surface area contributed by atoms with Crippen LogP contribution in [0.5, 0.6) is 0 Å². The minimum absolute atomic E-state index is 0.933. The highest BCUT2D eigenvalue weighted by atomic mass is 14.7. The highest BCUT2D eigenvalue weighted by Crippen LogP contribution is 2.45. The van der Waals surface area contributed by atoms with Crippen molar-refractivity contribution in [3.63, 3.8) is 0 Å². The standard InChI is InChI=1S/C38H24N2/c1-3-11-25(12-4-1)35-29-16-7-8-17-30(29)36(26-13-5-2-6-14-26)34-23-27(19-20-31(34)35)33-24-28-15-9-21-39-37(28)38-32(33)18-10-22-40-38/h1-24H. The molecule has 0 unspecified atom stereocenters. The molecule has 0 aliphatic heterocycles. The van der Waals surface area contributed by atoms with Crippen molar-refractivity contribution < 1.29 is 0 Å². The van der Waals surface area contributed by atoms with Crippen LogP contribution in [0.2, 0.25) is 0 Å². The molecule has 2 heteroatoms. The molecule has 0 saturated heterocycles. The van der Waals surface area contributed by atoms with E-state index in [1.165, 1.54) is 54.9 Å². The molecule has 0 radical (unpaired) electrons. The van der Waals surface area contributed by atoms with Crippen molar-refractivity contribution in [2.45, 2.75) is 0 Å². The highest BCUT2D eigenvalue weighted by molar-refractivity contribution is 6.22. The average Bonchev–Trinajstić information content (AvgIpc) is 3.03. The number of benzene rings is 6. The van der Waals surface area contributed by atoms with Crippen LogP contribution in [0.1, 0.15) is 0 Å². The predicted molar refractivity (Wildman–Crippen MR) is 168 cm³/mol. The first kappa shape index (κ1) is 22.6. The van der Waals surface area contributed by atoms with E-state index in [-0.39, 0.29) is 0 Å². The van der Waals surface area contributed by atoms with Crippen molar-refractivity contribution in [3.8, 4) is 33.4 Å². The normalized spacial score (nSPS) is 11.5. The fourth-order valence-corrected chi connectivity index (χ4v) is 6.19. The van der Waals surface area contributed by atoms with Crippen molar-refractivity contribution >= 4 is 43.4 Å². The second kappa shape index (κ2) is 9.14. The second-order valence-electron chi connectivity index (χ2n) is 10.2. The summed E-state index contributed by atoms with van der Waals surface area (Å²) in [6.45, 7) is 0. The Kier molecular flexibility index (Phi) is 5.17. The van der Waals surface area contributed by atoms with Gasteiger partial charge in [0, 0.05) is 23.2 Å². The van der Waals surface area contributed by atoms with E-state index >= 15 is 0 Å². The van der Waals surface area contributed by atoms with Crippen LogP contribution < -0.4 is 0 Å². The van der Waals surface area contributed by atoms with Crippen LogP contribution in [-0.2, 0) is 0 Å². The molecule has 6 aromatic carbocycles. The molecule has 0 bridgehead atoms. The van der Waals surface area contributed by atoms with Gasteiger partial charge in [-0.15, -0.1) is 0 Å². The van der Waals surface area contributed by atoms with Crippen LogP contribution in [0.3, 0.4) is 0 Å². The summed E-state index contributed by atoms with van der Waals surface area (Å²) in [7, 11) is 0. The van der Waals surface area contributed by atoms with E-state index in [0.717, 1.165) is 21.8 Å². The molecule has 0 saturated carbocycles. The Balaban J connectivity index is 1.53. The van der Waals surface area contributed by atoms with E-state index in [1.807, 2.05) is 24.5 Å². The number of hydrogen-bond donors (Lipinski definition) is 0. The topological polar surface area (TPSA) is 25.8 Å². The molecule has 0 N–H and O–H groups in total. The molecule has 8 aromatic rings. The predicted octanol–water partition coefficient (Wildman–Crippen LogP) is 10.1. The van der Waals surface area contributed by atoms with Gasteiger partial charge in [-0.3, -0.25) is 9.97 Å². The van der Waals surface area contributed by atoms with Crippen molar-refractivity contribution in [3.05, 3.63) is 146 Å². The van der Waals surface area contributed by atoms with Gasteiger partial charge >= 0.3 is 0 Å². The fraction of sp³-hybridized carbons (Fsp3) is 0. The van der Waals surface area contributed by atoms with Crippen LogP contribution in [-0.4, -0.2) is 9.97 Å². The van der Waals surface area contributed by atoms with Gasteiger partial charge in [0.25, 0.3) is 0 Å². The third-order valence-electron chi connectivity index (χ3n) is 7.92. The number of hydrogen-bond acceptors (Lipinski definition) is 2. The number of fused-ring (bicyclic) bond motifs is 5. The molecule has 0 aliphatic carbocycles. The SMILES string of the molecule is c1ccc(-c2c3ccccc3c(-c3ccccc3)c3cc(-c4cc5cccnc5c5ncccc45)ccc23)cc1. The zero-order valence-electron chi connectivity index (χ0n) is 21.8. The minimum atomic E-state index is 0.933. The Labute approximate surface area is 232 Å². The van der Waals surface area contributed by atoms with Gasteiger partial charge in [0.2, 0.25) is 0 Å². The van der Waals surface area contributed by atoms with Crippen LogP contribution in [0.4, 0.5) is 0 Å². The van der Waals surface area contributed by atoms with E-state index in [0.29, 0.717) is 0 Å². The molecular formula is C38H24N2. The first-order valence-electron chi connectivity index (χ1n) is 13.6. The molecule has 0 aliphatic rings. The highest BCUT2D eigenvalue weighted by Gasteiger charge is 2.18. The molecule has 40 heavy (non-hydrogen) atoms. The number of rotatable bonds is 3. The summed E-state index contributed by atoms with van der Waals surface area (Å²) in [5.41, 5.74) is 9.18. The lowest BCUT2D eigenvalue weighted by molar-refractivity contribution is 1.37. The van der Waals surface area contributed by atoms with Crippen LogP contribution in [0, 0.1) is 0 Å². The molecule has 0 atom stereocenters. The van der Waals surface area contributed by atoms with Gasteiger partial charge in [0.05, 0.1) is 11.0 Å². The molecule has 2 heterocycles. The Morgan fingerprint density at radius 2 is 0.900 bits per heavy atom. The van der Waals surface area contributed by atoms with Gasteiger partial charge in [-0.2, -0.15) is 0 Å². The maximum atomic E-state index is 4.76. The van der Waals surface area contributed by atoms with Crippen molar-refractivity contribution in [2.75, 3.05) is 0 Å². The molecule has 2 aromatic heterocycles. The van der Waals surface area contributed by atoms with Crippen molar-refractivity contribution in [1.29, 1.82) is 0 Å². The summed E-state index contributed by atoms with van der Waals surface area (Å²) >= 11 is 0. The second-order valence-corrected chi connectivity index (χ2v) is 10.2. The summed E-state index contributed by atoms with van der Waals surface area (Å²) in [6.07, 6.45) is 3.70. The van der Waals surface area contributed by atoms with Gasteiger partial charge in [-0.1, -0.05) is 109 Å². The smallest absolute Gasteiger partial charge is 0.0970 e. The fourth-order valence-electron chi connectivity index (χ4n) is 6.19. The number of pyridine rings is 2. The zero-order valence-corrected chi connectivity index (χ0v) is 21.8. The Morgan fingerprint density at radius 3 is 1.60 bits per heavy atom. The Morgan fingerprint density at radius 1 is 0.350 bits per heavy atom. The van der Waals surface area contributed by atoms with Crippen molar-refractivity contribution in [1.82, 2.24) is 9.97 Å². The van der Waals surface area contributed by atoms with E-state index in [2.05, 4.69) is 126 Å². The minimum Gasteiger partial charge on any atom is -0.254 e. The Bertz CT molecular complexity index is 2200. The van der Waals surface area contributed by atoms with Gasteiger partial charge in [0.1, 0.15) is 0 Å². The van der Waals surface area contributed by atoms with Gasteiger partial charge in [-0.25, -0.2) is 0 Å². The summed E-state index contributed by atoms with van der Waals surface area (Å²) in [4.78, 5) is 9.42. The lowest BCUT2D eigenvalue weighted by Crippen LogP contribution is -1.92. The van der Waals surface area contributed by atoms with Gasteiger partial charge in [-0.05, 0) is 79.2 Å². The van der Waals surface area contributed by atoms with Crippen molar-refractivity contribution in [2.24, 2.45) is 0 Å². The van der Waals surface area contributed by atoms with Crippen LogP contribution >= 0.6 is 0 Å². The molecule has 2 nitrogen and oxygen atoms in total. The summed E-state index contributed by atoms with van der Waals surface area (Å²) < 4.78 is 0. The summed E-state index contributed by atoms with van der Waals surface area (Å²) in [6, 6.07) is 47.8. The first-order chi connectivity index (χ1) is 19.9. The summed E-state index contributed by atoms with van der Waals surface area (Å²) in [5.74, 6) is 0. The van der Waals surface area contributed by atoms with E-state index in [1.54, 1.807) is 0 Å². The first-order valence-corrected chi connectivity index (χ1v) is 13.6. The third kappa shape index (κ3) is 3.50. The zero-order chi connectivity index (χ0) is 26.5. The van der Waals surface area contributed by atoms with E-state index < -0.39 is 0 Å². The largest absolute Gasteiger partial charge is 0.254 e. The third-order valence-corrected chi connectivity index (χ3v) is 7.92. The van der Waals surface area contributed by atoms with Crippen LogP contribution in [0.15, 0.2) is 146 Å². The molecule has 0 amide bonds. The molecular weight excluding hydrogens is 484 g/mol. The van der Waals surface area contributed by atoms with E-state index in [4.69, 9.17) is 4.98 Å². The molecule has 0 fully saturated rings. The molecule has 0 spiro atoms. The van der Waals surface area contributed by atoms with Gasteiger partial charge < -0.3 is 0 Å². The monoisotopic (exact) mass is 508 g/mol.